The zero-order valence-corrected chi connectivity index (χ0v) is 20.9. The van der Waals surface area contributed by atoms with Crippen LogP contribution in [0.15, 0.2) is 77.7 Å². The third-order valence-corrected chi connectivity index (χ3v) is 6.77. The van der Waals surface area contributed by atoms with E-state index in [2.05, 4.69) is 6.92 Å². The molecule has 0 saturated carbocycles. The van der Waals surface area contributed by atoms with E-state index < -0.39 is 11.2 Å². The van der Waals surface area contributed by atoms with Gasteiger partial charge in [-0.15, -0.1) is 0 Å². The largest absolute Gasteiger partial charge is 0.438 e. The lowest BCUT2D eigenvalue weighted by Gasteiger charge is -2.46. The number of aliphatic hydroxyl groups is 1. The molecule has 2 atom stereocenters. The third kappa shape index (κ3) is 5.33. The van der Waals surface area contributed by atoms with Crippen LogP contribution in [0.4, 0.5) is 4.79 Å². The van der Waals surface area contributed by atoms with Gasteiger partial charge in [-0.1, -0.05) is 61.5 Å². The number of hydrogen-bond donors (Lipinski definition) is 1. The maximum atomic E-state index is 13.4. The summed E-state index contributed by atoms with van der Waals surface area (Å²) in [5.74, 6) is 0. The second kappa shape index (κ2) is 9.70. The van der Waals surface area contributed by atoms with E-state index in [4.69, 9.17) is 4.74 Å². The van der Waals surface area contributed by atoms with Gasteiger partial charge in [-0.05, 0) is 48.6 Å². The summed E-state index contributed by atoms with van der Waals surface area (Å²) in [7, 11) is 1.74. The topological polar surface area (TPSA) is 71.8 Å². The Hall–Kier alpha value is -3.38. The predicted molar refractivity (Wildman–Crippen MR) is 137 cm³/mol. The number of benzene rings is 2. The Morgan fingerprint density at radius 3 is 2.23 bits per heavy atom. The van der Waals surface area contributed by atoms with Crippen LogP contribution in [-0.2, 0) is 17.4 Å². The van der Waals surface area contributed by atoms with Crippen LogP contribution in [0.2, 0.25) is 0 Å². The lowest BCUT2D eigenvalue weighted by atomic mass is 9.80. The summed E-state index contributed by atoms with van der Waals surface area (Å²) in [5.41, 5.74) is 2.02. The van der Waals surface area contributed by atoms with E-state index in [1.807, 2.05) is 66.9 Å². The first-order valence-corrected chi connectivity index (χ1v) is 12.2. The van der Waals surface area contributed by atoms with Crippen LogP contribution < -0.4 is 5.56 Å². The molecule has 0 spiro atoms. The Labute approximate surface area is 206 Å². The van der Waals surface area contributed by atoms with Gasteiger partial charge >= 0.3 is 6.09 Å². The van der Waals surface area contributed by atoms with Crippen LogP contribution >= 0.6 is 0 Å². The molecule has 2 aromatic carbocycles. The van der Waals surface area contributed by atoms with Crippen molar-refractivity contribution in [3.05, 3.63) is 94.4 Å². The SMILES string of the molecule is CC[C@@H](c1ccc(-c2ccc(=O)n(C)c2)cc1)N1CCC(CC(C)(C)O)(c2ccccc2)OC1=O. The minimum absolute atomic E-state index is 0.0452. The highest BCUT2D eigenvalue weighted by atomic mass is 16.6. The Balaban J connectivity index is 1.57. The van der Waals surface area contributed by atoms with Crippen molar-refractivity contribution in [1.29, 1.82) is 0 Å². The molecule has 1 aliphatic heterocycles. The van der Waals surface area contributed by atoms with Crippen molar-refractivity contribution in [1.82, 2.24) is 9.47 Å². The number of carbonyl (C=O) groups excluding carboxylic acids is 1. The van der Waals surface area contributed by atoms with Crippen molar-refractivity contribution in [2.24, 2.45) is 7.05 Å². The van der Waals surface area contributed by atoms with E-state index in [1.54, 1.807) is 36.4 Å². The highest BCUT2D eigenvalue weighted by molar-refractivity contribution is 5.70. The number of ether oxygens (including phenoxy) is 1. The summed E-state index contributed by atoms with van der Waals surface area (Å²) in [6, 6.07) is 21.1. The minimum Gasteiger partial charge on any atom is -0.438 e. The molecule has 3 aromatic rings. The molecule has 35 heavy (non-hydrogen) atoms. The molecule has 0 aliphatic carbocycles. The summed E-state index contributed by atoms with van der Waals surface area (Å²) < 4.78 is 7.73. The fraction of sp³-hybridized carbons (Fsp3) is 0.379. The fourth-order valence-corrected chi connectivity index (χ4v) is 5.12. The van der Waals surface area contributed by atoms with E-state index in [1.165, 1.54) is 0 Å². The molecule has 0 radical (unpaired) electrons. The molecule has 6 nitrogen and oxygen atoms in total. The molecule has 1 unspecified atom stereocenters. The van der Waals surface area contributed by atoms with E-state index in [9.17, 15) is 14.7 Å². The maximum Gasteiger partial charge on any atom is 0.411 e. The number of rotatable bonds is 7. The Kier molecular flexibility index (Phi) is 6.86. The number of amides is 1. The van der Waals surface area contributed by atoms with Gasteiger partial charge < -0.3 is 19.3 Å². The Bertz CT molecular complexity index is 1230. The fourth-order valence-electron chi connectivity index (χ4n) is 5.12. The van der Waals surface area contributed by atoms with Gasteiger partial charge in [-0.3, -0.25) is 4.79 Å². The van der Waals surface area contributed by atoms with Crippen LogP contribution in [0.3, 0.4) is 0 Å². The molecule has 1 N–H and O–H groups in total. The lowest BCUT2D eigenvalue weighted by Crippen LogP contribution is -2.51. The van der Waals surface area contributed by atoms with E-state index in [0.29, 0.717) is 19.4 Å². The lowest BCUT2D eigenvalue weighted by molar-refractivity contribution is -0.102. The van der Waals surface area contributed by atoms with Gasteiger partial charge in [0.1, 0.15) is 5.60 Å². The molecule has 2 heterocycles. The molecular formula is C29H34N2O4. The first-order chi connectivity index (χ1) is 16.6. The van der Waals surface area contributed by atoms with Gasteiger partial charge in [0.25, 0.3) is 0 Å². The van der Waals surface area contributed by atoms with Crippen molar-refractivity contribution < 1.29 is 14.6 Å². The molecule has 1 aliphatic rings. The number of aromatic nitrogens is 1. The molecule has 184 valence electrons. The van der Waals surface area contributed by atoms with Crippen LogP contribution in [0.5, 0.6) is 0 Å². The first kappa shape index (κ1) is 24.7. The zero-order chi connectivity index (χ0) is 25.2. The number of pyridine rings is 1. The van der Waals surface area contributed by atoms with Crippen molar-refractivity contribution in [2.75, 3.05) is 6.54 Å². The third-order valence-electron chi connectivity index (χ3n) is 6.77. The van der Waals surface area contributed by atoms with Crippen LogP contribution in [0.1, 0.15) is 57.2 Å². The minimum atomic E-state index is -0.987. The number of hydrogen-bond acceptors (Lipinski definition) is 4. The number of aryl methyl sites for hydroxylation is 1. The Morgan fingerprint density at radius 2 is 1.66 bits per heavy atom. The molecule has 1 saturated heterocycles. The smallest absolute Gasteiger partial charge is 0.411 e. The van der Waals surface area contributed by atoms with E-state index in [-0.39, 0.29) is 17.7 Å². The van der Waals surface area contributed by atoms with Gasteiger partial charge in [0.05, 0.1) is 11.6 Å². The van der Waals surface area contributed by atoms with E-state index >= 15 is 0 Å². The monoisotopic (exact) mass is 474 g/mol. The summed E-state index contributed by atoms with van der Waals surface area (Å²) in [6.45, 7) is 6.09. The van der Waals surface area contributed by atoms with Crippen molar-refractivity contribution in [3.63, 3.8) is 0 Å². The standard InChI is InChI=1S/C29H34N2O4/c1-5-25(22-13-11-21(12-14-22)23-15-16-26(32)30(4)19-23)31-18-17-29(35-27(31)33,20-28(2,3)34)24-9-7-6-8-10-24/h6-16,19,25,34H,5,17-18,20H2,1-4H3/t25-,29?/m0/s1. The average molecular weight is 475 g/mol. The van der Waals surface area contributed by atoms with Gasteiger partial charge in [-0.2, -0.15) is 0 Å². The number of carbonyl (C=O) groups is 1. The molecule has 6 heteroatoms. The number of nitrogens with zero attached hydrogens (tertiary/aromatic N) is 2. The summed E-state index contributed by atoms with van der Waals surface area (Å²) in [5, 5.41) is 10.6. The second-order valence-electron chi connectivity index (χ2n) is 10.1. The summed E-state index contributed by atoms with van der Waals surface area (Å²) in [6.07, 6.45) is 3.13. The molecule has 1 amide bonds. The Morgan fingerprint density at radius 1 is 1.00 bits per heavy atom. The average Bonchev–Trinajstić information content (AvgIpc) is 2.83. The van der Waals surface area contributed by atoms with Crippen molar-refractivity contribution >= 4 is 6.09 Å². The van der Waals surface area contributed by atoms with Crippen LogP contribution in [-0.4, -0.2) is 32.8 Å². The molecular weight excluding hydrogens is 440 g/mol. The summed E-state index contributed by atoms with van der Waals surface area (Å²) in [4.78, 5) is 26.9. The van der Waals surface area contributed by atoms with Crippen molar-refractivity contribution in [3.8, 4) is 11.1 Å². The molecule has 1 aromatic heterocycles. The van der Waals surface area contributed by atoms with Gasteiger partial charge in [-0.25, -0.2) is 4.79 Å². The zero-order valence-electron chi connectivity index (χ0n) is 20.9. The van der Waals surface area contributed by atoms with Gasteiger partial charge in [0, 0.05) is 38.7 Å². The van der Waals surface area contributed by atoms with E-state index in [0.717, 1.165) is 28.7 Å². The highest BCUT2D eigenvalue weighted by Gasteiger charge is 2.46. The first-order valence-electron chi connectivity index (χ1n) is 12.2. The normalized spacial score (nSPS) is 19.3. The molecule has 4 rings (SSSR count). The van der Waals surface area contributed by atoms with Crippen molar-refractivity contribution in [2.45, 2.75) is 57.3 Å². The highest BCUT2D eigenvalue weighted by Crippen LogP contribution is 2.42. The van der Waals surface area contributed by atoms with Gasteiger partial charge in [0.15, 0.2) is 0 Å². The van der Waals surface area contributed by atoms with Gasteiger partial charge in [0.2, 0.25) is 5.56 Å². The number of cyclic esters (lactones) is 1. The second-order valence-corrected chi connectivity index (χ2v) is 10.1. The molecule has 0 bridgehead atoms. The maximum absolute atomic E-state index is 13.4. The van der Waals surface area contributed by atoms with Crippen LogP contribution in [0, 0.1) is 0 Å². The molecule has 1 fully saturated rings. The van der Waals surface area contributed by atoms with Crippen LogP contribution in [0.25, 0.3) is 11.1 Å². The summed E-state index contributed by atoms with van der Waals surface area (Å²) >= 11 is 0. The predicted octanol–water partition coefficient (Wildman–Crippen LogP) is 5.40. The quantitative estimate of drug-likeness (QED) is 0.498.